The van der Waals surface area contributed by atoms with Gasteiger partial charge in [0.15, 0.2) is 0 Å². The van der Waals surface area contributed by atoms with Crippen LogP contribution < -0.4 is 15.6 Å². The molecule has 7 nitrogen and oxygen atoms in total. The van der Waals surface area contributed by atoms with Gasteiger partial charge in [0.25, 0.3) is 17.4 Å². The monoisotopic (exact) mass is 483 g/mol. The van der Waals surface area contributed by atoms with Crippen LogP contribution in [0.4, 0.5) is 0 Å². The van der Waals surface area contributed by atoms with E-state index < -0.39 is 0 Å². The first-order valence-corrected chi connectivity index (χ1v) is 12.1. The van der Waals surface area contributed by atoms with Gasteiger partial charge in [0.1, 0.15) is 11.4 Å². The van der Waals surface area contributed by atoms with Crippen molar-refractivity contribution in [3.63, 3.8) is 0 Å². The van der Waals surface area contributed by atoms with E-state index in [4.69, 9.17) is 4.74 Å². The molecule has 36 heavy (non-hydrogen) atoms. The largest absolute Gasteiger partial charge is 0.497 e. The molecular formula is C29H29N3O4. The molecule has 1 N–H and O–H groups in total. The van der Waals surface area contributed by atoms with Gasteiger partial charge in [-0.25, -0.2) is 0 Å². The van der Waals surface area contributed by atoms with Crippen molar-refractivity contribution in [2.24, 2.45) is 5.92 Å². The van der Waals surface area contributed by atoms with Crippen LogP contribution in [0.15, 0.2) is 77.2 Å². The number of fused-ring (bicyclic) bond motifs is 4. The fourth-order valence-electron chi connectivity index (χ4n) is 5.15. The van der Waals surface area contributed by atoms with Crippen molar-refractivity contribution in [1.29, 1.82) is 0 Å². The first-order chi connectivity index (χ1) is 17.4. The first kappa shape index (κ1) is 23.6. The van der Waals surface area contributed by atoms with Gasteiger partial charge in [-0.3, -0.25) is 14.4 Å². The standard InChI is InChI=1S/C29H29N3O4/c1-19-6-10-22(11-7-19)28(34)30-25(15-20-8-12-24(36-2)13-9-20)29(35)31-16-21-14-23(18-31)26-4-3-5-27(33)32(26)17-21/h3-13,15,21,23H,14,16-18H2,1-2H3,(H,30,34)/b25-15-/t21-,23+/m1/s1. The second-order valence-electron chi connectivity index (χ2n) is 9.56. The van der Waals surface area contributed by atoms with Crippen LogP contribution in [0.25, 0.3) is 6.08 Å². The molecule has 184 valence electrons. The molecule has 2 amide bonds. The van der Waals surface area contributed by atoms with Gasteiger partial charge < -0.3 is 19.5 Å². The number of ether oxygens (including phenoxy) is 1. The molecule has 7 heteroatoms. The molecule has 1 saturated heterocycles. The molecule has 5 rings (SSSR count). The summed E-state index contributed by atoms with van der Waals surface area (Å²) in [5.74, 6) is 0.423. The minimum absolute atomic E-state index is 0.00688. The number of aromatic nitrogens is 1. The Morgan fingerprint density at radius 1 is 0.972 bits per heavy atom. The summed E-state index contributed by atoms with van der Waals surface area (Å²) in [5.41, 5.74) is 3.51. The van der Waals surface area contributed by atoms with Crippen molar-refractivity contribution < 1.29 is 14.3 Å². The van der Waals surface area contributed by atoms with Crippen molar-refractivity contribution in [2.75, 3.05) is 20.2 Å². The van der Waals surface area contributed by atoms with Crippen LogP contribution in [0.1, 0.15) is 39.5 Å². The average molecular weight is 484 g/mol. The third kappa shape index (κ3) is 4.82. The van der Waals surface area contributed by atoms with Gasteiger partial charge in [-0.05, 0) is 61.2 Å². The quantitative estimate of drug-likeness (QED) is 0.563. The van der Waals surface area contributed by atoms with Crippen molar-refractivity contribution in [1.82, 2.24) is 14.8 Å². The molecule has 2 atom stereocenters. The number of carbonyl (C=O) groups is 2. The Kier molecular flexibility index (Phi) is 6.46. The fraction of sp³-hybridized carbons (Fsp3) is 0.276. The number of hydrogen-bond donors (Lipinski definition) is 1. The van der Waals surface area contributed by atoms with E-state index in [1.807, 2.05) is 58.9 Å². The Morgan fingerprint density at radius 3 is 2.44 bits per heavy atom. The molecule has 2 aromatic carbocycles. The Hall–Kier alpha value is -4.13. The van der Waals surface area contributed by atoms with Crippen LogP contribution in [-0.4, -0.2) is 41.5 Å². The van der Waals surface area contributed by atoms with Crippen molar-refractivity contribution >= 4 is 17.9 Å². The Bertz CT molecular complexity index is 1370. The summed E-state index contributed by atoms with van der Waals surface area (Å²) in [5, 5.41) is 2.87. The molecule has 0 spiro atoms. The third-order valence-corrected chi connectivity index (χ3v) is 6.99. The number of nitrogens with one attached hydrogen (secondary N) is 1. The summed E-state index contributed by atoms with van der Waals surface area (Å²) < 4.78 is 7.08. The van der Waals surface area contributed by atoms with E-state index in [1.165, 1.54) is 0 Å². The zero-order valence-corrected chi connectivity index (χ0v) is 20.4. The van der Waals surface area contributed by atoms with Crippen molar-refractivity contribution in [3.8, 4) is 5.75 Å². The number of rotatable bonds is 5. The molecule has 3 heterocycles. The van der Waals surface area contributed by atoms with Gasteiger partial charge in [0.05, 0.1) is 7.11 Å². The minimum atomic E-state index is -0.336. The summed E-state index contributed by atoms with van der Waals surface area (Å²) in [6.07, 6.45) is 2.65. The van der Waals surface area contributed by atoms with Gasteiger partial charge in [0.2, 0.25) is 0 Å². The maximum Gasteiger partial charge on any atom is 0.270 e. The molecule has 0 aliphatic carbocycles. The van der Waals surface area contributed by atoms with Crippen LogP contribution in [-0.2, 0) is 11.3 Å². The number of amides is 2. The third-order valence-electron chi connectivity index (χ3n) is 6.99. The second-order valence-corrected chi connectivity index (χ2v) is 9.56. The smallest absolute Gasteiger partial charge is 0.270 e. The zero-order valence-electron chi connectivity index (χ0n) is 20.4. The molecular weight excluding hydrogens is 454 g/mol. The Labute approximate surface area is 210 Å². The number of methoxy groups -OCH3 is 1. The van der Waals surface area contributed by atoms with Gasteiger partial charge >= 0.3 is 0 Å². The molecule has 3 aromatic rings. The van der Waals surface area contributed by atoms with E-state index in [-0.39, 0.29) is 34.9 Å². The summed E-state index contributed by atoms with van der Waals surface area (Å²) in [7, 11) is 1.60. The van der Waals surface area contributed by atoms with Gasteiger partial charge in [-0.1, -0.05) is 35.9 Å². The highest BCUT2D eigenvalue weighted by molar-refractivity contribution is 6.05. The minimum Gasteiger partial charge on any atom is -0.497 e. The molecule has 1 fully saturated rings. The van der Waals surface area contributed by atoms with E-state index in [9.17, 15) is 14.4 Å². The Balaban J connectivity index is 1.44. The van der Waals surface area contributed by atoms with Gasteiger partial charge in [0, 0.05) is 42.9 Å². The fourth-order valence-corrected chi connectivity index (χ4v) is 5.15. The molecule has 2 aliphatic heterocycles. The SMILES string of the molecule is COc1ccc(/C=C(\NC(=O)c2ccc(C)cc2)C(=O)N2C[C@H]3C[C@@H](C2)c2cccc(=O)n2C3)cc1. The topological polar surface area (TPSA) is 80.6 Å². The highest BCUT2D eigenvalue weighted by Gasteiger charge is 2.37. The molecule has 2 aliphatic rings. The summed E-state index contributed by atoms with van der Waals surface area (Å²) in [6, 6.07) is 19.9. The normalized spacial score (nSPS) is 18.8. The lowest BCUT2D eigenvalue weighted by atomic mass is 9.83. The van der Waals surface area contributed by atoms with Crippen LogP contribution >= 0.6 is 0 Å². The summed E-state index contributed by atoms with van der Waals surface area (Å²) >= 11 is 0. The number of piperidine rings is 1. The number of likely N-dealkylation sites (tertiary alicyclic amines) is 1. The first-order valence-electron chi connectivity index (χ1n) is 12.1. The maximum absolute atomic E-state index is 13.8. The lowest BCUT2D eigenvalue weighted by molar-refractivity contribution is -0.130. The van der Waals surface area contributed by atoms with Gasteiger partial charge in [-0.15, -0.1) is 0 Å². The molecule has 0 radical (unpaired) electrons. The summed E-state index contributed by atoms with van der Waals surface area (Å²) in [6.45, 7) is 3.60. The molecule has 0 unspecified atom stereocenters. The van der Waals surface area contributed by atoms with E-state index in [2.05, 4.69) is 5.32 Å². The van der Waals surface area contributed by atoms with E-state index in [0.29, 0.717) is 30.9 Å². The van der Waals surface area contributed by atoms with Crippen molar-refractivity contribution in [3.05, 3.63) is 105 Å². The Morgan fingerprint density at radius 2 is 1.72 bits per heavy atom. The van der Waals surface area contributed by atoms with Crippen LogP contribution in [0, 0.1) is 12.8 Å². The maximum atomic E-state index is 13.8. The predicted molar refractivity (Wildman–Crippen MR) is 138 cm³/mol. The zero-order chi connectivity index (χ0) is 25.2. The van der Waals surface area contributed by atoms with Crippen LogP contribution in [0.5, 0.6) is 5.75 Å². The number of nitrogens with zero attached hydrogens (tertiary/aromatic N) is 2. The highest BCUT2D eigenvalue weighted by Crippen LogP contribution is 2.35. The molecule has 0 saturated carbocycles. The molecule has 1 aromatic heterocycles. The van der Waals surface area contributed by atoms with Crippen LogP contribution in [0.2, 0.25) is 0 Å². The van der Waals surface area contributed by atoms with Crippen molar-refractivity contribution in [2.45, 2.75) is 25.8 Å². The number of hydrogen-bond acceptors (Lipinski definition) is 4. The number of aryl methyl sites for hydroxylation is 1. The van der Waals surface area contributed by atoms with E-state index >= 15 is 0 Å². The summed E-state index contributed by atoms with van der Waals surface area (Å²) in [4.78, 5) is 41.0. The second kappa shape index (κ2) is 9.85. The predicted octanol–water partition coefficient (Wildman–Crippen LogP) is 3.58. The number of benzene rings is 2. The number of pyridine rings is 1. The van der Waals surface area contributed by atoms with E-state index in [1.54, 1.807) is 37.5 Å². The lowest BCUT2D eigenvalue weighted by Crippen LogP contribution is -2.50. The number of carbonyl (C=O) groups excluding carboxylic acids is 2. The van der Waals surface area contributed by atoms with Gasteiger partial charge in [-0.2, -0.15) is 0 Å². The lowest BCUT2D eigenvalue weighted by Gasteiger charge is -2.43. The average Bonchev–Trinajstić information content (AvgIpc) is 2.89. The molecule has 2 bridgehead atoms. The van der Waals surface area contributed by atoms with Crippen LogP contribution in [0.3, 0.4) is 0 Å². The van der Waals surface area contributed by atoms with E-state index in [0.717, 1.165) is 23.2 Å². The highest BCUT2D eigenvalue weighted by atomic mass is 16.5.